The van der Waals surface area contributed by atoms with Gasteiger partial charge in [0.1, 0.15) is 15.5 Å². The van der Waals surface area contributed by atoms with Crippen LogP contribution in [-0.4, -0.2) is 25.7 Å². The number of esters is 1. The maximum Gasteiger partial charge on any atom is 0.349 e. The Hall–Kier alpha value is -3.33. The Morgan fingerprint density at radius 3 is 2.87 bits per heavy atom. The van der Waals surface area contributed by atoms with Crippen molar-refractivity contribution in [2.24, 2.45) is 0 Å². The molecule has 1 atom stereocenters. The average Bonchev–Trinajstić information content (AvgIpc) is 3.47. The molecule has 0 radical (unpaired) electrons. The number of thiophene rings is 1. The summed E-state index contributed by atoms with van der Waals surface area (Å²) < 4.78 is 12.9. The molecule has 4 aromatic rings. The number of carbonyl (C=O) groups excluding carboxylic acids is 1. The monoisotopic (exact) mass is 422 g/mol. The lowest BCUT2D eigenvalue weighted by molar-refractivity contribution is 0.0285. The quantitative estimate of drug-likeness (QED) is 0.463. The molecule has 9 heteroatoms. The van der Waals surface area contributed by atoms with Gasteiger partial charge in [0.25, 0.3) is 11.4 Å². The SMILES string of the molecule is Cc1c(C(=O)OC(C)c2nnc(-c3ccccc3)o2)sc2nc3n(c(=O)c12)CCC3. The second-order valence-corrected chi connectivity index (χ2v) is 8.18. The van der Waals surface area contributed by atoms with Crippen LogP contribution < -0.4 is 5.56 Å². The van der Waals surface area contributed by atoms with E-state index in [9.17, 15) is 9.59 Å². The molecule has 0 fully saturated rings. The van der Waals surface area contributed by atoms with Gasteiger partial charge in [0.05, 0.1) is 5.39 Å². The Kier molecular flexibility index (Phi) is 4.47. The first-order valence-electron chi connectivity index (χ1n) is 9.65. The van der Waals surface area contributed by atoms with Crippen molar-refractivity contribution >= 4 is 27.5 Å². The zero-order chi connectivity index (χ0) is 20.8. The molecule has 4 heterocycles. The highest BCUT2D eigenvalue weighted by Crippen LogP contribution is 2.31. The molecule has 1 aliphatic rings. The summed E-state index contributed by atoms with van der Waals surface area (Å²) in [5.41, 5.74) is 1.30. The van der Waals surface area contributed by atoms with Gasteiger partial charge >= 0.3 is 5.97 Å². The fourth-order valence-electron chi connectivity index (χ4n) is 3.63. The lowest BCUT2D eigenvalue weighted by atomic mass is 10.2. The first-order valence-corrected chi connectivity index (χ1v) is 10.5. The van der Waals surface area contributed by atoms with Gasteiger partial charge in [-0.1, -0.05) is 18.2 Å². The highest BCUT2D eigenvalue weighted by Gasteiger charge is 2.26. The van der Waals surface area contributed by atoms with E-state index in [0.717, 1.165) is 24.2 Å². The van der Waals surface area contributed by atoms with Crippen molar-refractivity contribution in [3.8, 4) is 11.5 Å². The van der Waals surface area contributed by atoms with Crippen LogP contribution in [0.2, 0.25) is 0 Å². The summed E-state index contributed by atoms with van der Waals surface area (Å²) in [4.78, 5) is 31.2. The molecule has 30 heavy (non-hydrogen) atoms. The second-order valence-electron chi connectivity index (χ2n) is 7.18. The summed E-state index contributed by atoms with van der Waals surface area (Å²) in [5.74, 6) is 0.810. The number of carbonyl (C=O) groups is 1. The Morgan fingerprint density at radius 2 is 2.07 bits per heavy atom. The molecule has 8 nitrogen and oxygen atoms in total. The molecule has 0 saturated carbocycles. The number of aromatic nitrogens is 4. The molecule has 1 unspecified atom stereocenters. The van der Waals surface area contributed by atoms with Gasteiger partial charge in [0, 0.05) is 18.5 Å². The van der Waals surface area contributed by atoms with Crippen LogP contribution in [0.25, 0.3) is 21.7 Å². The normalized spacial score (nSPS) is 14.1. The number of benzene rings is 1. The van der Waals surface area contributed by atoms with Gasteiger partial charge in [-0.15, -0.1) is 21.5 Å². The van der Waals surface area contributed by atoms with Gasteiger partial charge in [0.15, 0.2) is 6.10 Å². The minimum Gasteiger partial charge on any atom is -0.448 e. The van der Waals surface area contributed by atoms with Gasteiger partial charge < -0.3 is 9.15 Å². The van der Waals surface area contributed by atoms with Gasteiger partial charge in [-0.3, -0.25) is 9.36 Å². The number of rotatable bonds is 4. The molecular weight excluding hydrogens is 404 g/mol. The molecule has 1 aromatic carbocycles. The summed E-state index contributed by atoms with van der Waals surface area (Å²) in [7, 11) is 0. The maximum absolute atomic E-state index is 12.8. The predicted molar refractivity (Wildman–Crippen MR) is 111 cm³/mol. The zero-order valence-corrected chi connectivity index (χ0v) is 17.2. The Morgan fingerprint density at radius 1 is 1.27 bits per heavy atom. The lowest BCUT2D eigenvalue weighted by Crippen LogP contribution is -2.20. The minimum atomic E-state index is -0.730. The van der Waals surface area contributed by atoms with Crippen LogP contribution >= 0.6 is 11.3 Å². The predicted octanol–water partition coefficient (Wildman–Crippen LogP) is 3.68. The smallest absolute Gasteiger partial charge is 0.349 e. The van der Waals surface area contributed by atoms with Crippen LogP contribution in [0.4, 0.5) is 0 Å². The highest BCUT2D eigenvalue weighted by atomic mass is 32.1. The van der Waals surface area contributed by atoms with Crippen molar-refractivity contribution in [1.82, 2.24) is 19.7 Å². The topological polar surface area (TPSA) is 100 Å². The van der Waals surface area contributed by atoms with Gasteiger partial charge in [-0.25, -0.2) is 9.78 Å². The van der Waals surface area contributed by atoms with E-state index in [-0.39, 0.29) is 11.4 Å². The number of ether oxygens (including phenoxy) is 1. The third-order valence-corrected chi connectivity index (χ3v) is 6.36. The van der Waals surface area contributed by atoms with Crippen LogP contribution in [0.1, 0.15) is 46.4 Å². The van der Waals surface area contributed by atoms with E-state index < -0.39 is 12.1 Å². The molecule has 0 spiro atoms. The molecule has 0 saturated heterocycles. The highest BCUT2D eigenvalue weighted by molar-refractivity contribution is 7.20. The van der Waals surface area contributed by atoms with Crippen LogP contribution in [0.15, 0.2) is 39.5 Å². The van der Waals surface area contributed by atoms with Crippen LogP contribution in [0.3, 0.4) is 0 Å². The van der Waals surface area contributed by atoms with Gasteiger partial charge in [0.2, 0.25) is 5.89 Å². The van der Waals surface area contributed by atoms with Crippen molar-refractivity contribution in [1.29, 1.82) is 0 Å². The fourth-order valence-corrected chi connectivity index (χ4v) is 4.70. The van der Waals surface area contributed by atoms with Gasteiger partial charge in [-0.05, 0) is 38.0 Å². The molecule has 3 aromatic heterocycles. The van der Waals surface area contributed by atoms with Crippen molar-refractivity contribution in [2.75, 3.05) is 0 Å². The van der Waals surface area contributed by atoms with Crippen molar-refractivity contribution in [2.45, 2.75) is 39.3 Å². The summed E-state index contributed by atoms with van der Waals surface area (Å²) >= 11 is 1.19. The molecule has 5 rings (SSSR count). The average molecular weight is 422 g/mol. The molecule has 0 amide bonds. The molecular formula is C21H18N4O4S. The first kappa shape index (κ1) is 18.7. The summed E-state index contributed by atoms with van der Waals surface area (Å²) in [6, 6.07) is 9.36. The van der Waals surface area contributed by atoms with Gasteiger partial charge in [-0.2, -0.15) is 0 Å². The number of aryl methyl sites for hydroxylation is 2. The van der Waals surface area contributed by atoms with Crippen LogP contribution in [-0.2, 0) is 17.7 Å². The molecule has 0 N–H and O–H groups in total. The molecule has 0 bridgehead atoms. The number of nitrogens with zero attached hydrogens (tertiary/aromatic N) is 4. The number of fused-ring (bicyclic) bond motifs is 2. The van der Waals surface area contributed by atoms with E-state index in [1.54, 1.807) is 18.4 Å². The number of hydrogen-bond acceptors (Lipinski definition) is 8. The van der Waals surface area contributed by atoms with Crippen molar-refractivity contribution in [3.05, 3.63) is 62.8 Å². The third kappa shape index (κ3) is 3.02. The van der Waals surface area contributed by atoms with Crippen molar-refractivity contribution in [3.63, 3.8) is 0 Å². The van der Waals surface area contributed by atoms with E-state index in [1.807, 2.05) is 30.3 Å². The van der Waals surface area contributed by atoms with E-state index in [2.05, 4.69) is 15.2 Å². The standard InChI is InChI=1S/C21H18N4O4S/c1-11-15-19(22-14-9-6-10-25(14)20(15)26)30-16(11)21(27)28-12(2)17-23-24-18(29-17)13-7-4-3-5-8-13/h3-5,7-8,12H,6,9-10H2,1-2H3. The maximum atomic E-state index is 12.8. The zero-order valence-electron chi connectivity index (χ0n) is 16.4. The minimum absolute atomic E-state index is 0.0854. The van der Waals surface area contributed by atoms with Crippen LogP contribution in [0.5, 0.6) is 0 Å². The molecule has 152 valence electrons. The van der Waals surface area contributed by atoms with Crippen molar-refractivity contribution < 1.29 is 13.9 Å². The largest absolute Gasteiger partial charge is 0.448 e. The van der Waals surface area contributed by atoms with E-state index in [4.69, 9.17) is 9.15 Å². The number of hydrogen-bond donors (Lipinski definition) is 0. The Bertz CT molecular complexity index is 1320. The lowest BCUT2D eigenvalue weighted by Gasteiger charge is -2.08. The first-order chi connectivity index (χ1) is 14.5. The molecule has 1 aliphatic heterocycles. The van der Waals surface area contributed by atoms with E-state index in [1.165, 1.54) is 11.3 Å². The fraction of sp³-hybridized carbons (Fsp3) is 0.286. The van der Waals surface area contributed by atoms with E-state index >= 15 is 0 Å². The summed E-state index contributed by atoms with van der Waals surface area (Å²) in [5, 5.41) is 8.53. The summed E-state index contributed by atoms with van der Waals surface area (Å²) in [6.07, 6.45) is 0.964. The van der Waals surface area contributed by atoms with Crippen LogP contribution in [0, 0.1) is 6.92 Å². The second kappa shape index (κ2) is 7.17. The molecule has 0 aliphatic carbocycles. The van der Waals surface area contributed by atoms with E-state index in [0.29, 0.717) is 33.1 Å². The third-order valence-electron chi connectivity index (χ3n) is 5.19. The summed E-state index contributed by atoms with van der Waals surface area (Å²) in [6.45, 7) is 4.10. The Labute approximate surface area is 175 Å². The Balaban J connectivity index is 1.41.